The van der Waals surface area contributed by atoms with Crippen LogP contribution in [0.2, 0.25) is 5.02 Å². The van der Waals surface area contributed by atoms with Gasteiger partial charge in [-0.05, 0) is 110 Å². The van der Waals surface area contributed by atoms with Crippen molar-refractivity contribution in [3.05, 3.63) is 100 Å². The van der Waals surface area contributed by atoms with Gasteiger partial charge < -0.3 is 19.0 Å². The Kier molecular flexibility index (Phi) is 8.33. The molecule has 0 radical (unpaired) electrons. The lowest BCUT2D eigenvalue weighted by molar-refractivity contribution is -0.274. The molecule has 7 nitrogen and oxygen atoms in total. The molecule has 3 spiro atoms. The van der Waals surface area contributed by atoms with Crippen LogP contribution in [-0.2, 0) is 17.5 Å². The maximum absolute atomic E-state index is 15.0. The van der Waals surface area contributed by atoms with Gasteiger partial charge in [-0.25, -0.2) is 4.79 Å². The minimum absolute atomic E-state index is 0.00311. The lowest BCUT2D eigenvalue weighted by Crippen LogP contribution is -2.67. The maximum atomic E-state index is 15.0. The highest BCUT2D eigenvalue weighted by atomic mass is 35.5. The van der Waals surface area contributed by atoms with E-state index >= 15 is 4.79 Å². The third kappa shape index (κ3) is 5.57. The zero-order valence-electron chi connectivity index (χ0n) is 31.1. The van der Waals surface area contributed by atoms with E-state index in [4.69, 9.17) is 20.8 Å². The van der Waals surface area contributed by atoms with Crippen LogP contribution in [0.4, 0.5) is 31.1 Å². The first-order valence-corrected chi connectivity index (χ1v) is 19.6. The summed E-state index contributed by atoms with van der Waals surface area (Å²) in [6.45, 7) is 4.76. The quantitative estimate of drug-likeness (QED) is 0.151. The molecule has 2 heterocycles. The molecule has 57 heavy (non-hydrogen) atoms. The highest BCUT2D eigenvalue weighted by molar-refractivity contribution is 6.33. The zero-order chi connectivity index (χ0) is 40.6. The standard InChI is InChI=1S/C43H40ClF6NO6/c1-37-14-11-26(52)20-39(37)17-18-41(29(21-39)35(53)32-10-9-31(55-32)28-19-25(42(45,46)47)5-8-30(28)44)33(37)12-15-38(2)34(41)13-16-40(38)23-51(36(54)57-40)22-24-3-6-27(7-4-24)56-43(48,49)50/h3-10,17-19,21,26,33-34,52H,11-16,20,22-23H2,1-2H3/t26-,33+,34+,37+,38-,39-,40+,41+/m0/s1. The number of alkyl halides is 6. The number of halogens is 7. The summed E-state index contributed by atoms with van der Waals surface area (Å²) in [5, 5.41) is 11.1. The predicted molar refractivity (Wildman–Crippen MR) is 195 cm³/mol. The molecule has 302 valence electrons. The summed E-state index contributed by atoms with van der Waals surface area (Å²) in [6.07, 6.45) is 0.199. The van der Waals surface area contributed by atoms with Gasteiger partial charge in [0.15, 0.2) is 5.76 Å². The maximum Gasteiger partial charge on any atom is 0.573 e. The fraction of sp³-hybridized carbons (Fsp3) is 0.488. The number of hydrogen-bond acceptors (Lipinski definition) is 6. The SMILES string of the molecule is C[C@]12CC[C@H]3[C@]4(C=C[C@@]5(C=C4C(=O)c4ccc(-c6cc(C(F)(F)F)ccc6Cl)o4)C[C@@H](O)CC[C@]35C)[C@@H]1CC[C@@]21CN(Cc2ccc(OC(F)(F)F)cc2)C(=O)O1. The number of allylic oxidation sites excluding steroid dienone is 4. The number of aliphatic hydroxyl groups excluding tert-OH is 1. The van der Waals surface area contributed by atoms with Gasteiger partial charge in [0.25, 0.3) is 0 Å². The van der Waals surface area contributed by atoms with Crippen molar-refractivity contribution in [3.63, 3.8) is 0 Å². The van der Waals surface area contributed by atoms with Crippen molar-refractivity contribution in [2.45, 2.75) is 89.6 Å². The second kappa shape index (κ2) is 12.4. The summed E-state index contributed by atoms with van der Waals surface area (Å²) in [5.74, 6) is -0.971. The Morgan fingerprint density at radius 3 is 2.35 bits per heavy atom. The molecule has 8 atom stereocenters. The first-order chi connectivity index (χ1) is 26.7. The third-order valence-electron chi connectivity index (χ3n) is 14.8. The number of nitrogens with zero attached hydrogens (tertiary/aromatic N) is 1. The number of carbonyl (C=O) groups excluding carboxylic acids is 2. The summed E-state index contributed by atoms with van der Waals surface area (Å²) >= 11 is 6.35. The number of amides is 1. The molecule has 6 aliphatic carbocycles. The number of ether oxygens (including phenoxy) is 2. The average molecular weight is 816 g/mol. The smallest absolute Gasteiger partial charge is 0.453 e. The van der Waals surface area contributed by atoms with Crippen LogP contribution >= 0.6 is 11.6 Å². The van der Waals surface area contributed by atoms with E-state index in [9.17, 15) is 36.2 Å². The fourth-order valence-electron chi connectivity index (χ4n) is 12.2. The van der Waals surface area contributed by atoms with Gasteiger partial charge >= 0.3 is 18.6 Å². The Balaban J connectivity index is 1.07. The molecule has 3 aromatic rings. The van der Waals surface area contributed by atoms with Crippen LogP contribution < -0.4 is 4.74 Å². The van der Waals surface area contributed by atoms with Gasteiger partial charge in [-0.2, -0.15) is 13.2 Å². The number of rotatable bonds is 6. The molecule has 1 saturated heterocycles. The van der Waals surface area contributed by atoms with Crippen LogP contribution in [0.3, 0.4) is 0 Å². The minimum atomic E-state index is -4.83. The van der Waals surface area contributed by atoms with Crippen molar-refractivity contribution in [3.8, 4) is 17.1 Å². The van der Waals surface area contributed by atoms with E-state index in [1.165, 1.54) is 36.4 Å². The minimum Gasteiger partial charge on any atom is -0.453 e. The molecule has 1 N–H and O–H groups in total. The molecule has 3 saturated carbocycles. The van der Waals surface area contributed by atoms with Crippen LogP contribution in [0.25, 0.3) is 11.3 Å². The van der Waals surface area contributed by atoms with Crippen molar-refractivity contribution in [1.29, 1.82) is 0 Å². The van der Waals surface area contributed by atoms with Crippen LogP contribution in [0.5, 0.6) is 5.75 Å². The monoisotopic (exact) mass is 815 g/mol. The number of carbonyl (C=O) groups is 2. The molecule has 4 fully saturated rings. The Morgan fingerprint density at radius 2 is 1.63 bits per heavy atom. The number of benzene rings is 2. The molecular weight excluding hydrogens is 776 g/mol. The van der Waals surface area contributed by atoms with Gasteiger partial charge in [-0.15, -0.1) is 13.2 Å². The normalized spacial score (nSPS) is 35.5. The van der Waals surface area contributed by atoms with E-state index in [1.54, 1.807) is 4.90 Å². The Hall–Kier alpha value is -4.23. The number of Topliss-reactive ketones (excluding diaryl/α,β-unsaturated/α-hetero) is 1. The van der Waals surface area contributed by atoms with Crippen LogP contribution in [0, 0.1) is 33.5 Å². The van der Waals surface area contributed by atoms with Gasteiger partial charge in [0.2, 0.25) is 5.78 Å². The topological polar surface area (TPSA) is 89.2 Å². The van der Waals surface area contributed by atoms with Crippen LogP contribution in [-0.4, -0.2) is 46.5 Å². The summed E-state index contributed by atoms with van der Waals surface area (Å²) in [4.78, 5) is 30.2. The van der Waals surface area contributed by atoms with Gasteiger partial charge in [0, 0.05) is 33.9 Å². The molecule has 1 amide bonds. The number of aliphatic hydroxyl groups is 1. The highest BCUT2D eigenvalue weighted by Crippen LogP contribution is 2.79. The number of ketones is 1. The van der Waals surface area contributed by atoms with Gasteiger partial charge in [-0.3, -0.25) is 9.69 Å². The first-order valence-electron chi connectivity index (χ1n) is 19.2. The fourth-order valence-corrected chi connectivity index (χ4v) is 12.4. The van der Waals surface area contributed by atoms with Crippen LogP contribution in [0.15, 0.2) is 82.8 Å². The Bertz CT molecular complexity index is 2230. The van der Waals surface area contributed by atoms with E-state index in [2.05, 4.69) is 30.7 Å². The summed E-state index contributed by atoms with van der Waals surface area (Å²) < 4.78 is 95.7. The second-order valence-corrected chi connectivity index (χ2v) is 17.8. The third-order valence-corrected chi connectivity index (χ3v) is 15.2. The molecule has 2 bridgehead atoms. The Labute approximate surface area is 329 Å². The lowest BCUT2D eigenvalue weighted by Gasteiger charge is -2.71. The van der Waals surface area contributed by atoms with E-state index < -0.39 is 57.9 Å². The van der Waals surface area contributed by atoms with E-state index in [1.807, 2.05) is 6.08 Å². The molecule has 1 aliphatic heterocycles. The highest BCUT2D eigenvalue weighted by Gasteiger charge is 2.76. The van der Waals surface area contributed by atoms with Crippen molar-refractivity contribution >= 4 is 23.5 Å². The predicted octanol–water partition coefficient (Wildman–Crippen LogP) is 11.0. The average Bonchev–Trinajstić information content (AvgIpc) is 3.83. The van der Waals surface area contributed by atoms with E-state index in [0.29, 0.717) is 49.7 Å². The van der Waals surface area contributed by atoms with E-state index in [0.717, 1.165) is 24.6 Å². The molecule has 14 heteroatoms. The zero-order valence-corrected chi connectivity index (χ0v) is 31.9. The number of hydrogen-bond donors (Lipinski definition) is 1. The molecule has 10 rings (SSSR count). The number of furan rings is 1. The van der Waals surface area contributed by atoms with Crippen LogP contribution in [0.1, 0.15) is 80.5 Å². The largest absolute Gasteiger partial charge is 0.573 e. The van der Waals surface area contributed by atoms with Gasteiger partial charge in [0.05, 0.1) is 23.2 Å². The first kappa shape index (κ1) is 38.3. The summed E-state index contributed by atoms with van der Waals surface area (Å²) in [5.41, 5.74) is -3.04. The summed E-state index contributed by atoms with van der Waals surface area (Å²) in [6, 6.07) is 11.2. The molecule has 1 aromatic heterocycles. The van der Waals surface area contributed by atoms with Crippen molar-refractivity contribution < 1.29 is 54.9 Å². The molecular formula is C43H40ClF6NO6. The second-order valence-electron chi connectivity index (χ2n) is 17.4. The van der Waals surface area contributed by atoms with Gasteiger partial charge in [-0.1, -0.05) is 55.8 Å². The van der Waals surface area contributed by atoms with Crippen molar-refractivity contribution in [2.24, 2.45) is 33.5 Å². The Morgan fingerprint density at radius 1 is 0.930 bits per heavy atom. The van der Waals surface area contributed by atoms with Gasteiger partial charge in [0.1, 0.15) is 17.1 Å². The lowest BCUT2D eigenvalue weighted by atomic mass is 9.32. The summed E-state index contributed by atoms with van der Waals surface area (Å²) in [7, 11) is 0. The molecule has 0 unspecified atom stereocenters. The molecule has 7 aliphatic rings. The van der Waals surface area contributed by atoms with Crippen molar-refractivity contribution in [2.75, 3.05) is 6.54 Å². The van der Waals surface area contributed by atoms with Crippen molar-refractivity contribution in [1.82, 2.24) is 4.90 Å². The number of fused-ring (bicyclic) bond motifs is 2. The van der Waals surface area contributed by atoms with E-state index in [-0.39, 0.29) is 58.2 Å². The molecule has 2 aromatic carbocycles.